The smallest absolute Gasteiger partial charge is 0.336 e. The van der Waals surface area contributed by atoms with Crippen LogP contribution < -0.4 is 19.4 Å². The molecule has 0 saturated carbocycles. The molecule has 230 valence electrons. The molecular formula is C39H40N2O4. The number of rotatable bonds is 10. The minimum absolute atomic E-state index is 0.294. The Morgan fingerprint density at radius 2 is 1.24 bits per heavy atom. The highest BCUT2D eigenvalue weighted by molar-refractivity contribution is 5.89. The van der Waals surface area contributed by atoms with Crippen LogP contribution in [-0.2, 0) is 27.9 Å². The van der Waals surface area contributed by atoms with Crippen LogP contribution in [0.25, 0.3) is 12.2 Å². The number of nitrogens with zero attached hydrogens (tertiary/aromatic N) is 2. The lowest BCUT2D eigenvalue weighted by Gasteiger charge is -2.29. The minimum atomic E-state index is -0.392. The van der Waals surface area contributed by atoms with Gasteiger partial charge in [0.1, 0.15) is 12.4 Å². The van der Waals surface area contributed by atoms with Crippen LogP contribution in [0.15, 0.2) is 97.1 Å². The molecule has 4 aromatic rings. The molecule has 6 nitrogen and oxygen atoms in total. The molecule has 45 heavy (non-hydrogen) atoms. The fraction of sp³-hybridized carbons (Fsp3) is 0.256. The maximum Gasteiger partial charge on any atom is 0.336 e. The average Bonchev–Trinajstić information content (AvgIpc) is 3.62. The van der Waals surface area contributed by atoms with Gasteiger partial charge < -0.3 is 19.4 Å². The fourth-order valence-corrected chi connectivity index (χ4v) is 6.65. The van der Waals surface area contributed by atoms with Gasteiger partial charge in [-0.2, -0.15) is 4.89 Å². The normalized spacial score (nSPS) is 16.7. The zero-order valence-corrected chi connectivity index (χ0v) is 26.5. The van der Waals surface area contributed by atoms with Crippen molar-refractivity contribution in [3.63, 3.8) is 0 Å². The minimum Gasteiger partial charge on any atom is -0.423 e. The summed E-state index contributed by atoms with van der Waals surface area (Å²) in [5, 5.41) is 0. The average molecular weight is 601 g/mol. The van der Waals surface area contributed by atoms with E-state index >= 15 is 0 Å². The van der Waals surface area contributed by atoms with Crippen molar-refractivity contribution in [2.45, 2.75) is 31.1 Å². The molecule has 1 unspecified atom stereocenters. The van der Waals surface area contributed by atoms with Crippen LogP contribution in [0, 0.1) is 0 Å². The SMILES string of the molecule is CN(C)c1ccc(C=CC(=O)Oc2cccc3c2C2(CCc4cccc(OOC/C=C/c5ccc(N(C)C)cc5)c42)CC3)cc1. The number of aryl methyl sites for hydroxylation is 2. The zero-order chi connectivity index (χ0) is 31.4. The van der Waals surface area contributed by atoms with E-state index in [9.17, 15) is 4.79 Å². The van der Waals surface area contributed by atoms with Gasteiger partial charge in [-0.3, -0.25) is 0 Å². The highest BCUT2D eigenvalue weighted by atomic mass is 17.2. The van der Waals surface area contributed by atoms with E-state index in [1.807, 2.05) is 93.8 Å². The molecule has 0 saturated heterocycles. The van der Waals surface area contributed by atoms with E-state index in [1.165, 1.54) is 17.2 Å². The number of hydrogen-bond donors (Lipinski definition) is 0. The van der Waals surface area contributed by atoms with Crippen LogP contribution in [0.2, 0.25) is 0 Å². The molecule has 6 heteroatoms. The molecule has 4 aromatic carbocycles. The fourth-order valence-electron chi connectivity index (χ4n) is 6.65. The molecule has 1 atom stereocenters. The lowest BCUT2D eigenvalue weighted by Crippen LogP contribution is -2.24. The topological polar surface area (TPSA) is 51.2 Å². The zero-order valence-electron chi connectivity index (χ0n) is 26.5. The molecule has 1 spiro atoms. The van der Waals surface area contributed by atoms with Crippen molar-refractivity contribution >= 4 is 29.5 Å². The molecule has 2 aliphatic carbocycles. The molecule has 0 fully saturated rings. The highest BCUT2D eigenvalue weighted by Gasteiger charge is 2.48. The first-order chi connectivity index (χ1) is 21.8. The van der Waals surface area contributed by atoms with Crippen LogP contribution in [0.1, 0.15) is 46.2 Å². The quantitative estimate of drug-likeness (QED) is 0.0466. The summed E-state index contributed by atoms with van der Waals surface area (Å²) < 4.78 is 6.04. The van der Waals surface area contributed by atoms with E-state index < -0.39 is 5.97 Å². The third-order valence-electron chi connectivity index (χ3n) is 8.89. The Hall–Kier alpha value is -4.81. The lowest BCUT2D eigenvalue weighted by atomic mass is 9.76. The number of hydrogen-bond acceptors (Lipinski definition) is 6. The van der Waals surface area contributed by atoms with E-state index in [1.54, 1.807) is 6.08 Å². The van der Waals surface area contributed by atoms with E-state index in [2.05, 4.69) is 41.3 Å². The Labute approximate surface area is 266 Å². The Kier molecular flexibility index (Phi) is 8.76. The van der Waals surface area contributed by atoms with Gasteiger partial charge in [-0.05, 0) is 90.4 Å². The third kappa shape index (κ3) is 6.38. The largest absolute Gasteiger partial charge is 0.423 e. The van der Waals surface area contributed by atoms with Gasteiger partial charge in [0.15, 0.2) is 5.75 Å². The Morgan fingerprint density at radius 1 is 0.711 bits per heavy atom. The van der Waals surface area contributed by atoms with E-state index in [0.717, 1.165) is 65.1 Å². The van der Waals surface area contributed by atoms with Gasteiger partial charge in [0.2, 0.25) is 0 Å². The molecule has 0 amide bonds. The predicted molar refractivity (Wildman–Crippen MR) is 182 cm³/mol. The maximum absolute atomic E-state index is 13.1. The van der Waals surface area contributed by atoms with Crippen molar-refractivity contribution in [3.8, 4) is 11.5 Å². The summed E-state index contributed by atoms with van der Waals surface area (Å²) in [7, 11) is 8.07. The van der Waals surface area contributed by atoms with Crippen LogP contribution >= 0.6 is 0 Å². The monoisotopic (exact) mass is 600 g/mol. The first-order valence-corrected chi connectivity index (χ1v) is 15.5. The maximum atomic E-state index is 13.1. The van der Waals surface area contributed by atoms with Crippen molar-refractivity contribution in [2.75, 3.05) is 44.6 Å². The number of carbonyl (C=O) groups excluding carboxylic acids is 1. The van der Waals surface area contributed by atoms with Gasteiger partial charge in [-0.15, -0.1) is 0 Å². The van der Waals surface area contributed by atoms with E-state index in [0.29, 0.717) is 12.4 Å². The molecular weight excluding hydrogens is 560 g/mol. The number of carbonyl (C=O) groups is 1. The molecule has 0 radical (unpaired) electrons. The lowest BCUT2D eigenvalue weighted by molar-refractivity contribution is -0.196. The summed E-state index contributed by atoms with van der Waals surface area (Å²) in [6, 6.07) is 28.6. The third-order valence-corrected chi connectivity index (χ3v) is 8.89. The number of ether oxygens (including phenoxy) is 1. The summed E-state index contributed by atoms with van der Waals surface area (Å²) in [4.78, 5) is 28.9. The Bertz CT molecular complexity index is 1720. The van der Waals surface area contributed by atoms with E-state index in [4.69, 9.17) is 14.5 Å². The first-order valence-electron chi connectivity index (χ1n) is 15.5. The van der Waals surface area contributed by atoms with Crippen molar-refractivity contribution in [1.29, 1.82) is 0 Å². The van der Waals surface area contributed by atoms with Crippen molar-refractivity contribution in [3.05, 3.63) is 130 Å². The second-order valence-corrected chi connectivity index (χ2v) is 12.2. The number of anilines is 2. The second-order valence-electron chi connectivity index (χ2n) is 12.2. The number of esters is 1. The summed E-state index contributed by atoms with van der Waals surface area (Å²) in [5.41, 5.74) is 8.72. The second kappa shape index (κ2) is 13.0. The number of benzene rings is 4. The van der Waals surface area contributed by atoms with Gasteiger partial charge in [-0.25, -0.2) is 4.79 Å². The molecule has 0 aromatic heterocycles. The number of fused-ring (bicyclic) bond motifs is 4. The van der Waals surface area contributed by atoms with Crippen LogP contribution in [0.4, 0.5) is 11.4 Å². The molecule has 0 N–H and O–H groups in total. The van der Waals surface area contributed by atoms with Gasteiger partial charge in [0.25, 0.3) is 0 Å². The summed E-state index contributed by atoms with van der Waals surface area (Å²) in [6.07, 6.45) is 11.0. The Balaban J connectivity index is 1.18. The van der Waals surface area contributed by atoms with Gasteiger partial charge >= 0.3 is 5.97 Å². The van der Waals surface area contributed by atoms with Crippen LogP contribution in [0.3, 0.4) is 0 Å². The van der Waals surface area contributed by atoms with Crippen molar-refractivity contribution in [2.24, 2.45) is 0 Å². The van der Waals surface area contributed by atoms with Crippen molar-refractivity contribution in [1.82, 2.24) is 0 Å². The highest BCUT2D eigenvalue weighted by Crippen LogP contribution is 2.57. The van der Waals surface area contributed by atoms with E-state index in [-0.39, 0.29) is 5.41 Å². The molecule has 0 heterocycles. The summed E-state index contributed by atoms with van der Waals surface area (Å²) >= 11 is 0. The molecule has 2 aliphatic rings. The molecule has 0 bridgehead atoms. The van der Waals surface area contributed by atoms with Gasteiger partial charge in [0.05, 0.1) is 0 Å². The predicted octanol–water partition coefficient (Wildman–Crippen LogP) is 7.64. The molecule has 6 rings (SSSR count). The van der Waals surface area contributed by atoms with Crippen molar-refractivity contribution < 1.29 is 19.3 Å². The first kappa shape index (κ1) is 30.2. The van der Waals surface area contributed by atoms with Gasteiger partial charge in [-0.1, -0.05) is 60.7 Å². The van der Waals surface area contributed by atoms with Gasteiger partial charge in [0, 0.05) is 62.2 Å². The molecule has 0 aliphatic heterocycles. The Morgan fingerprint density at radius 3 is 1.82 bits per heavy atom. The van der Waals surface area contributed by atoms with Crippen LogP contribution in [0.5, 0.6) is 11.5 Å². The van der Waals surface area contributed by atoms with Crippen LogP contribution in [-0.4, -0.2) is 40.8 Å². The summed E-state index contributed by atoms with van der Waals surface area (Å²) in [5.74, 6) is 0.953. The summed E-state index contributed by atoms with van der Waals surface area (Å²) in [6.45, 7) is 0.315. The standard InChI is InChI=1S/C39H40N2O4/c1-40(2)32-18-13-28(14-19-32)8-7-27-43-45-35-12-6-10-31-24-26-39(38(31)35)25-23-30-9-5-11-34(37(30)39)44-36(42)22-17-29-15-20-33(21-16-29)41(3)4/h5-22H,23-27H2,1-4H3/b8-7+,22-17?.